The van der Waals surface area contributed by atoms with Crippen molar-refractivity contribution in [3.05, 3.63) is 52.2 Å². The van der Waals surface area contributed by atoms with Crippen LogP contribution in [0, 0.1) is 11.6 Å². The molecular weight excluding hydrogens is 234 g/mol. The number of nitrogens with one attached hydrogen (secondary N) is 1. The highest BCUT2D eigenvalue weighted by molar-refractivity contribution is 7.71. The Kier molecular flexibility index (Phi) is 3.06. The maximum atomic E-state index is 10.8. The molecule has 2 aromatic rings. The minimum absolute atomic E-state index is 0.121. The summed E-state index contributed by atoms with van der Waals surface area (Å²) in [5.41, 5.74) is 3.10. The summed E-state index contributed by atoms with van der Waals surface area (Å²) >= 11 is 5.01. The third-order valence-electron chi connectivity index (χ3n) is 2.50. The van der Waals surface area contributed by atoms with E-state index in [0.717, 1.165) is 11.3 Å². The van der Waals surface area contributed by atoms with Gasteiger partial charge in [0.2, 0.25) is 0 Å². The van der Waals surface area contributed by atoms with Crippen molar-refractivity contribution in [3.63, 3.8) is 0 Å². The SMILES string of the molecule is Cc1ccc(-c2ccc(C(=O)O)c(=S)[nH]2)cc1. The number of aryl methyl sites for hydroxylation is 1. The molecule has 0 fully saturated rings. The first kappa shape index (κ1) is 11.5. The lowest BCUT2D eigenvalue weighted by atomic mass is 10.1. The van der Waals surface area contributed by atoms with Gasteiger partial charge in [0, 0.05) is 5.69 Å². The van der Waals surface area contributed by atoms with Gasteiger partial charge in [-0.1, -0.05) is 42.0 Å². The average molecular weight is 245 g/mol. The van der Waals surface area contributed by atoms with Crippen LogP contribution in [-0.2, 0) is 0 Å². The molecule has 0 aliphatic rings. The van der Waals surface area contributed by atoms with Crippen molar-refractivity contribution in [2.75, 3.05) is 0 Å². The molecule has 0 saturated heterocycles. The lowest BCUT2D eigenvalue weighted by Gasteiger charge is -2.03. The summed E-state index contributed by atoms with van der Waals surface area (Å²) in [5.74, 6) is -1.01. The third kappa shape index (κ3) is 2.42. The molecule has 0 saturated carbocycles. The summed E-state index contributed by atoms with van der Waals surface area (Å²) in [6.45, 7) is 2.01. The molecule has 1 aromatic carbocycles. The molecule has 17 heavy (non-hydrogen) atoms. The zero-order valence-corrected chi connectivity index (χ0v) is 10.0. The van der Waals surface area contributed by atoms with Crippen LogP contribution < -0.4 is 0 Å². The van der Waals surface area contributed by atoms with Gasteiger partial charge in [0.25, 0.3) is 0 Å². The Labute approximate surface area is 104 Å². The van der Waals surface area contributed by atoms with Crippen LogP contribution in [0.2, 0.25) is 0 Å². The predicted molar refractivity (Wildman–Crippen MR) is 68.8 cm³/mol. The molecular formula is C13H11NO2S. The zero-order chi connectivity index (χ0) is 12.4. The number of aromatic amines is 1. The fraction of sp³-hybridized carbons (Fsp3) is 0.0769. The van der Waals surface area contributed by atoms with Crippen LogP contribution in [0.1, 0.15) is 15.9 Å². The Balaban J connectivity index is 2.48. The van der Waals surface area contributed by atoms with E-state index in [1.807, 2.05) is 31.2 Å². The van der Waals surface area contributed by atoms with E-state index in [-0.39, 0.29) is 10.2 Å². The summed E-state index contributed by atoms with van der Waals surface area (Å²) in [7, 11) is 0. The van der Waals surface area contributed by atoms with Crippen molar-refractivity contribution in [3.8, 4) is 11.3 Å². The monoisotopic (exact) mass is 245 g/mol. The van der Waals surface area contributed by atoms with Gasteiger partial charge in [-0.05, 0) is 24.6 Å². The molecule has 2 rings (SSSR count). The van der Waals surface area contributed by atoms with E-state index in [0.29, 0.717) is 0 Å². The van der Waals surface area contributed by atoms with Gasteiger partial charge in [-0.25, -0.2) is 4.79 Å². The number of carboxylic acids is 1. The van der Waals surface area contributed by atoms with Crippen molar-refractivity contribution >= 4 is 18.2 Å². The van der Waals surface area contributed by atoms with Gasteiger partial charge in [0.1, 0.15) is 4.64 Å². The normalized spacial score (nSPS) is 10.2. The number of carbonyl (C=O) groups is 1. The highest BCUT2D eigenvalue weighted by Crippen LogP contribution is 2.18. The number of benzene rings is 1. The van der Waals surface area contributed by atoms with Crippen molar-refractivity contribution in [1.29, 1.82) is 0 Å². The Morgan fingerprint density at radius 1 is 1.18 bits per heavy atom. The molecule has 0 spiro atoms. The second-order valence-corrected chi connectivity index (χ2v) is 4.19. The first-order chi connectivity index (χ1) is 8.08. The molecule has 4 heteroatoms. The Hall–Kier alpha value is -1.94. The number of H-pyrrole nitrogens is 1. The predicted octanol–water partition coefficient (Wildman–Crippen LogP) is 3.42. The van der Waals surface area contributed by atoms with E-state index in [1.165, 1.54) is 11.6 Å². The fourth-order valence-corrected chi connectivity index (χ4v) is 1.81. The molecule has 1 aromatic heterocycles. The Morgan fingerprint density at radius 3 is 2.35 bits per heavy atom. The molecule has 86 valence electrons. The van der Waals surface area contributed by atoms with Crippen molar-refractivity contribution < 1.29 is 9.90 Å². The van der Waals surface area contributed by atoms with E-state index < -0.39 is 5.97 Å². The highest BCUT2D eigenvalue weighted by Gasteiger charge is 2.06. The van der Waals surface area contributed by atoms with Gasteiger partial charge in [-0.15, -0.1) is 0 Å². The first-order valence-electron chi connectivity index (χ1n) is 5.11. The summed E-state index contributed by atoms with van der Waals surface area (Å²) in [4.78, 5) is 13.8. The van der Waals surface area contributed by atoms with Gasteiger partial charge >= 0.3 is 5.97 Å². The maximum absolute atomic E-state index is 10.8. The van der Waals surface area contributed by atoms with E-state index in [9.17, 15) is 4.79 Å². The van der Waals surface area contributed by atoms with Gasteiger partial charge in [0.05, 0.1) is 5.56 Å². The van der Waals surface area contributed by atoms with Crippen LogP contribution >= 0.6 is 12.2 Å². The number of carboxylic acid groups (broad SMARTS) is 1. The van der Waals surface area contributed by atoms with Crippen LogP contribution in [0.25, 0.3) is 11.3 Å². The number of rotatable bonds is 2. The third-order valence-corrected chi connectivity index (χ3v) is 2.82. The van der Waals surface area contributed by atoms with Gasteiger partial charge < -0.3 is 10.1 Å². The minimum Gasteiger partial charge on any atom is -0.478 e. The summed E-state index contributed by atoms with van der Waals surface area (Å²) in [5, 5.41) is 8.88. The molecule has 0 unspecified atom stereocenters. The second-order valence-electron chi connectivity index (χ2n) is 3.79. The zero-order valence-electron chi connectivity index (χ0n) is 9.23. The van der Waals surface area contributed by atoms with Crippen molar-refractivity contribution in [2.24, 2.45) is 0 Å². The Bertz CT molecular complexity index is 614. The maximum Gasteiger partial charge on any atom is 0.338 e. The first-order valence-corrected chi connectivity index (χ1v) is 5.52. The van der Waals surface area contributed by atoms with Crippen LogP contribution in [-0.4, -0.2) is 16.1 Å². The lowest BCUT2D eigenvalue weighted by Crippen LogP contribution is -1.99. The summed E-state index contributed by atoms with van der Waals surface area (Å²) in [6, 6.07) is 11.2. The molecule has 0 amide bonds. The number of hydrogen-bond acceptors (Lipinski definition) is 2. The number of aromatic carboxylic acids is 1. The standard InChI is InChI=1S/C13H11NO2S/c1-8-2-4-9(5-3-8)11-7-6-10(13(15)16)12(17)14-11/h2-7H,1H3,(H,14,17)(H,15,16). The van der Waals surface area contributed by atoms with Crippen LogP contribution in [0.15, 0.2) is 36.4 Å². The van der Waals surface area contributed by atoms with Crippen LogP contribution in [0.4, 0.5) is 0 Å². The molecule has 0 aliphatic carbocycles. The average Bonchev–Trinajstić information content (AvgIpc) is 2.29. The largest absolute Gasteiger partial charge is 0.478 e. The lowest BCUT2D eigenvalue weighted by molar-refractivity contribution is 0.0696. The Morgan fingerprint density at radius 2 is 1.82 bits per heavy atom. The van der Waals surface area contributed by atoms with E-state index in [4.69, 9.17) is 17.3 Å². The number of pyridine rings is 1. The summed E-state index contributed by atoms with van der Waals surface area (Å²) < 4.78 is 0.246. The summed E-state index contributed by atoms with van der Waals surface area (Å²) in [6.07, 6.45) is 0. The molecule has 0 aliphatic heterocycles. The topological polar surface area (TPSA) is 53.1 Å². The number of aromatic nitrogens is 1. The smallest absolute Gasteiger partial charge is 0.338 e. The van der Waals surface area contributed by atoms with E-state index in [1.54, 1.807) is 6.07 Å². The van der Waals surface area contributed by atoms with Crippen LogP contribution in [0.5, 0.6) is 0 Å². The van der Waals surface area contributed by atoms with Gasteiger partial charge in [-0.3, -0.25) is 0 Å². The second kappa shape index (κ2) is 4.51. The van der Waals surface area contributed by atoms with Crippen molar-refractivity contribution in [2.45, 2.75) is 6.92 Å². The molecule has 0 bridgehead atoms. The van der Waals surface area contributed by atoms with Gasteiger partial charge in [0.15, 0.2) is 0 Å². The van der Waals surface area contributed by atoms with Crippen molar-refractivity contribution in [1.82, 2.24) is 4.98 Å². The van der Waals surface area contributed by atoms with Crippen LogP contribution in [0.3, 0.4) is 0 Å². The quantitative estimate of drug-likeness (QED) is 0.797. The minimum atomic E-state index is -1.01. The fourth-order valence-electron chi connectivity index (χ4n) is 1.54. The van der Waals surface area contributed by atoms with Gasteiger partial charge in [-0.2, -0.15) is 0 Å². The van der Waals surface area contributed by atoms with E-state index in [2.05, 4.69) is 4.98 Å². The molecule has 1 heterocycles. The number of hydrogen-bond donors (Lipinski definition) is 2. The van der Waals surface area contributed by atoms with E-state index >= 15 is 0 Å². The highest BCUT2D eigenvalue weighted by atomic mass is 32.1. The molecule has 2 N–H and O–H groups in total. The molecule has 0 radical (unpaired) electrons. The molecule has 3 nitrogen and oxygen atoms in total. The molecule has 0 atom stereocenters.